The van der Waals surface area contributed by atoms with Crippen LogP contribution in [0.1, 0.15) is 49.2 Å². The number of rotatable bonds is 7. The maximum atomic E-state index is 13.5. The number of fused-ring (bicyclic) bond motifs is 1. The van der Waals surface area contributed by atoms with Gasteiger partial charge >= 0.3 is 0 Å². The second-order valence-electron chi connectivity index (χ2n) is 10.0. The summed E-state index contributed by atoms with van der Waals surface area (Å²) in [7, 11) is 0. The van der Waals surface area contributed by atoms with Gasteiger partial charge in [0.05, 0.1) is 0 Å². The summed E-state index contributed by atoms with van der Waals surface area (Å²) < 4.78 is 16.4. The van der Waals surface area contributed by atoms with Crippen LogP contribution in [-0.2, 0) is 24.3 Å². The van der Waals surface area contributed by atoms with Crippen LogP contribution in [0.25, 0.3) is 22.0 Å². The first kappa shape index (κ1) is 25.8. The summed E-state index contributed by atoms with van der Waals surface area (Å²) in [4.78, 5) is 25.5. The lowest BCUT2D eigenvalue weighted by atomic mass is 9.95. The maximum Gasteiger partial charge on any atom is 0.225 e. The first-order valence-corrected chi connectivity index (χ1v) is 12.8. The number of halogens is 2. The van der Waals surface area contributed by atoms with Gasteiger partial charge in [0.1, 0.15) is 5.82 Å². The highest BCUT2D eigenvalue weighted by molar-refractivity contribution is 9.10. The summed E-state index contributed by atoms with van der Waals surface area (Å²) in [6.45, 7) is 8.85. The Labute approximate surface area is 219 Å². The number of nitrogens with zero attached hydrogens (tertiary/aromatic N) is 1. The molecule has 0 spiro atoms. The fraction of sp³-hybridized carbons (Fsp3) is 0.267. The average Bonchev–Trinajstić information content (AvgIpc) is 3.21. The van der Waals surface area contributed by atoms with Gasteiger partial charge in [-0.05, 0) is 60.0 Å². The van der Waals surface area contributed by atoms with E-state index in [2.05, 4.69) is 45.0 Å². The lowest BCUT2D eigenvalue weighted by Crippen LogP contribution is -2.34. The van der Waals surface area contributed by atoms with E-state index in [9.17, 15) is 14.0 Å². The first-order valence-electron chi connectivity index (χ1n) is 12.0. The van der Waals surface area contributed by atoms with Gasteiger partial charge in [-0.2, -0.15) is 0 Å². The zero-order chi connectivity index (χ0) is 26.0. The number of aromatic nitrogens is 1. The van der Waals surface area contributed by atoms with Crippen molar-refractivity contribution in [3.63, 3.8) is 0 Å². The standard InChI is InChI=1S/C30H30BrFN2O2/c1-5-34-18-25(21-8-10-22(32)11-9-21)23-14-19(7-13-27(23)34)16-28(35)24-15-20(6-12-26(24)31)17-33-29(36)30(2,3)4/h6-15,18H,5,16-17H2,1-4H3,(H,33,36). The summed E-state index contributed by atoms with van der Waals surface area (Å²) in [6, 6.07) is 18.2. The fourth-order valence-corrected chi connectivity index (χ4v) is 4.67. The van der Waals surface area contributed by atoms with Gasteiger partial charge in [0.25, 0.3) is 0 Å². The number of carbonyl (C=O) groups excluding carboxylic acids is 2. The molecule has 0 atom stereocenters. The molecule has 36 heavy (non-hydrogen) atoms. The number of hydrogen-bond donors (Lipinski definition) is 1. The van der Waals surface area contributed by atoms with Gasteiger partial charge in [0, 0.05) is 57.6 Å². The molecule has 3 aromatic carbocycles. The van der Waals surface area contributed by atoms with Crippen molar-refractivity contribution in [3.8, 4) is 11.1 Å². The topological polar surface area (TPSA) is 51.1 Å². The molecule has 4 nitrogen and oxygen atoms in total. The van der Waals surface area contributed by atoms with Gasteiger partial charge in [-0.25, -0.2) is 4.39 Å². The Morgan fingerprint density at radius 3 is 2.33 bits per heavy atom. The molecule has 0 aliphatic carbocycles. The Balaban J connectivity index is 1.60. The molecule has 0 saturated carbocycles. The first-order chi connectivity index (χ1) is 17.1. The molecule has 0 aliphatic heterocycles. The van der Waals surface area contributed by atoms with Gasteiger partial charge in [-0.1, -0.05) is 61.0 Å². The molecule has 0 saturated heterocycles. The lowest BCUT2D eigenvalue weighted by molar-refractivity contribution is -0.128. The molecule has 6 heteroatoms. The van der Waals surface area contributed by atoms with E-state index in [4.69, 9.17) is 0 Å². The van der Waals surface area contributed by atoms with Crippen molar-refractivity contribution in [2.45, 2.75) is 47.2 Å². The number of Topliss-reactive ketones (excluding diaryl/α,β-unsaturated/α-hetero) is 1. The van der Waals surface area contributed by atoms with Crippen LogP contribution >= 0.6 is 15.9 Å². The molecule has 4 rings (SSSR count). The molecule has 0 radical (unpaired) electrons. The number of amides is 1. The van der Waals surface area contributed by atoms with Crippen LogP contribution in [0.2, 0.25) is 0 Å². The summed E-state index contributed by atoms with van der Waals surface area (Å²) in [6.07, 6.45) is 2.32. The smallest absolute Gasteiger partial charge is 0.225 e. The molecule has 1 amide bonds. The van der Waals surface area contributed by atoms with Crippen molar-refractivity contribution in [1.82, 2.24) is 9.88 Å². The van der Waals surface area contributed by atoms with Crippen molar-refractivity contribution >= 4 is 38.5 Å². The van der Waals surface area contributed by atoms with Crippen molar-refractivity contribution in [2.24, 2.45) is 5.41 Å². The summed E-state index contributed by atoms with van der Waals surface area (Å²) >= 11 is 3.51. The van der Waals surface area contributed by atoms with Crippen LogP contribution in [0, 0.1) is 11.2 Å². The second kappa shape index (κ2) is 10.4. The Morgan fingerprint density at radius 2 is 1.67 bits per heavy atom. The fourth-order valence-electron chi connectivity index (χ4n) is 4.20. The predicted molar refractivity (Wildman–Crippen MR) is 146 cm³/mol. The quantitative estimate of drug-likeness (QED) is 0.246. The lowest BCUT2D eigenvalue weighted by Gasteiger charge is -2.18. The van der Waals surface area contributed by atoms with Crippen molar-refractivity contribution in [1.29, 1.82) is 0 Å². The molecule has 1 N–H and O–H groups in total. The molecule has 0 fully saturated rings. The van der Waals surface area contributed by atoms with E-state index in [-0.39, 0.29) is 23.9 Å². The van der Waals surface area contributed by atoms with Gasteiger partial charge in [0.2, 0.25) is 5.91 Å². The maximum absolute atomic E-state index is 13.5. The second-order valence-corrected chi connectivity index (χ2v) is 10.9. The number of nitrogens with one attached hydrogen (secondary N) is 1. The normalized spacial score (nSPS) is 11.6. The number of carbonyl (C=O) groups is 2. The summed E-state index contributed by atoms with van der Waals surface area (Å²) in [5, 5.41) is 3.97. The van der Waals surface area contributed by atoms with E-state index in [1.54, 1.807) is 12.1 Å². The van der Waals surface area contributed by atoms with Crippen LogP contribution in [0.3, 0.4) is 0 Å². The van der Waals surface area contributed by atoms with Crippen molar-refractivity contribution in [2.75, 3.05) is 0 Å². The Morgan fingerprint density at radius 1 is 0.972 bits per heavy atom. The molecule has 0 aliphatic rings. The van der Waals surface area contributed by atoms with Gasteiger partial charge < -0.3 is 9.88 Å². The molecule has 4 aromatic rings. The van der Waals surface area contributed by atoms with E-state index >= 15 is 0 Å². The Kier molecular flexibility index (Phi) is 7.46. The minimum atomic E-state index is -0.476. The third-order valence-electron chi connectivity index (χ3n) is 6.27. The highest BCUT2D eigenvalue weighted by Crippen LogP contribution is 2.32. The third kappa shape index (κ3) is 5.59. The Bertz CT molecular complexity index is 1430. The van der Waals surface area contributed by atoms with E-state index in [0.29, 0.717) is 12.1 Å². The van der Waals surface area contributed by atoms with Crippen molar-refractivity contribution in [3.05, 3.63) is 93.8 Å². The van der Waals surface area contributed by atoms with E-state index in [0.717, 1.165) is 44.2 Å². The third-order valence-corrected chi connectivity index (χ3v) is 6.96. The van der Waals surface area contributed by atoms with Crippen LogP contribution in [0.4, 0.5) is 4.39 Å². The summed E-state index contributed by atoms with van der Waals surface area (Å²) in [5.74, 6) is -0.318. The van der Waals surface area contributed by atoms with E-state index in [1.807, 2.05) is 51.1 Å². The number of aryl methyl sites for hydroxylation is 1. The minimum absolute atomic E-state index is 0.0107. The zero-order valence-electron chi connectivity index (χ0n) is 21.0. The molecular weight excluding hydrogens is 519 g/mol. The van der Waals surface area contributed by atoms with Crippen LogP contribution in [0.5, 0.6) is 0 Å². The van der Waals surface area contributed by atoms with E-state index in [1.165, 1.54) is 12.1 Å². The molecule has 186 valence electrons. The molecule has 1 heterocycles. The monoisotopic (exact) mass is 548 g/mol. The van der Waals surface area contributed by atoms with Crippen LogP contribution in [0.15, 0.2) is 71.3 Å². The van der Waals surface area contributed by atoms with E-state index < -0.39 is 5.41 Å². The molecule has 0 unspecified atom stereocenters. The number of ketones is 1. The number of benzene rings is 3. The molecular formula is C30H30BrFN2O2. The zero-order valence-corrected chi connectivity index (χ0v) is 22.6. The Hall–Kier alpha value is -3.25. The average molecular weight is 549 g/mol. The highest BCUT2D eigenvalue weighted by atomic mass is 79.9. The summed E-state index contributed by atoms with van der Waals surface area (Å²) in [5.41, 5.74) is 4.91. The minimum Gasteiger partial charge on any atom is -0.352 e. The van der Waals surface area contributed by atoms with Crippen molar-refractivity contribution < 1.29 is 14.0 Å². The van der Waals surface area contributed by atoms with Gasteiger partial charge in [-0.3, -0.25) is 9.59 Å². The SMILES string of the molecule is CCn1cc(-c2ccc(F)cc2)c2cc(CC(=O)c3cc(CNC(=O)C(C)(C)C)ccc3Br)ccc21. The molecule has 1 aromatic heterocycles. The van der Waals surface area contributed by atoms with Crippen LogP contribution in [-0.4, -0.2) is 16.3 Å². The van der Waals surface area contributed by atoms with Gasteiger partial charge in [0.15, 0.2) is 5.78 Å². The predicted octanol–water partition coefficient (Wildman–Crippen LogP) is 7.32. The van der Waals surface area contributed by atoms with Gasteiger partial charge in [-0.15, -0.1) is 0 Å². The van der Waals surface area contributed by atoms with Crippen LogP contribution < -0.4 is 5.32 Å². The largest absolute Gasteiger partial charge is 0.352 e. The number of hydrogen-bond acceptors (Lipinski definition) is 2. The highest BCUT2D eigenvalue weighted by Gasteiger charge is 2.21. The molecule has 0 bridgehead atoms.